The van der Waals surface area contributed by atoms with E-state index < -0.39 is 47.9 Å². The summed E-state index contributed by atoms with van der Waals surface area (Å²) in [5, 5.41) is 27.1. The van der Waals surface area contributed by atoms with Crippen LogP contribution in [0.1, 0.15) is 24.0 Å². The zero-order valence-electron chi connectivity index (χ0n) is 22.7. The van der Waals surface area contributed by atoms with Crippen molar-refractivity contribution < 1.29 is 29.4 Å². The van der Waals surface area contributed by atoms with Gasteiger partial charge in [-0.15, -0.1) is 0 Å². The van der Waals surface area contributed by atoms with Gasteiger partial charge in [0, 0.05) is 6.42 Å². The van der Waals surface area contributed by atoms with Gasteiger partial charge >= 0.3 is 5.97 Å². The number of carboxylic acid groups (broad SMARTS) is 1. The number of aromatic hydroxyl groups is 1. The summed E-state index contributed by atoms with van der Waals surface area (Å²) in [5.74, 6) is -1.71. The van der Waals surface area contributed by atoms with E-state index in [4.69, 9.17) is 5.73 Å². The van der Waals surface area contributed by atoms with Crippen LogP contribution in [0.5, 0.6) is 5.75 Å². The SMILES string of the molecule is CSCCC(NC(=O)C(N)Cc1ccccc1)C(=O)NC(CCSC)C(=O)NC(Cc1ccc(O)cc1)C(=O)O. The molecule has 0 saturated heterocycles. The highest BCUT2D eigenvalue weighted by atomic mass is 32.2. The molecular formula is C28H38N4O6S2. The number of nitrogens with one attached hydrogen (secondary N) is 3. The summed E-state index contributed by atoms with van der Waals surface area (Å²) >= 11 is 2.99. The maximum Gasteiger partial charge on any atom is 0.326 e. The van der Waals surface area contributed by atoms with Crippen molar-refractivity contribution in [2.24, 2.45) is 5.73 Å². The van der Waals surface area contributed by atoms with Gasteiger partial charge in [-0.1, -0.05) is 42.5 Å². The van der Waals surface area contributed by atoms with Crippen LogP contribution in [0, 0.1) is 0 Å². The van der Waals surface area contributed by atoms with Gasteiger partial charge < -0.3 is 31.9 Å². The number of carbonyl (C=O) groups excluding carboxylic acids is 3. The van der Waals surface area contributed by atoms with Crippen LogP contribution in [0.3, 0.4) is 0 Å². The van der Waals surface area contributed by atoms with Crippen molar-refractivity contribution in [3.8, 4) is 5.75 Å². The van der Waals surface area contributed by atoms with Crippen LogP contribution >= 0.6 is 23.5 Å². The third-order valence-corrected chi connectivity index (χ3v) is 7.40. The van der Waals surface area contributed by atoms with E-state index in [1.807, 2.05) is 42.8 Å². The van der Waals surface area contributed by atoms with Gasteiger partial charge in [-0.3, -0.25) is 14.4 Å². The van der Waals surface area contributed by atoms with E-state index >= 15 is 0 Å². The number of benzene rings is 2. The van der Waals surface area contributed by atoms with E-state index in [2.05, 4.69) is 16.0 Å². The molecule has 0 aliphatic rings. The van der Waals surface area contributed by atoms with Crippen molar-refractivity contribution in [3.05, 3.63) is 65.7 Å². The normalized spacial score (nSPS) is 13.9. The van der Waals surface area contributed by atoms with Crippen LogP contribution in [-0.2, 0) is 32.0 Å². The fourth-order valence-electron chi connectivity index (χ4n) is 3.86. The first kappa shape index (κ1) is 33.0. The van der Waals surface area contributed by atoms with E-state index in [0.29, 0.717) is 29.9 Å². The van der Waals surface area contributed by atoms with Crippen LogP contribution in [0.25, 0.3) is 0 Å². The van der Waals surface area contributed by atoms with Crippen LogP contribution in [-0.4, -0.2) is 82.1 Å². The molecule has 218 valence electrons. The lowest BCUT2D eigenvalue weighted by molar-refractivity contribution is -0.142. The largest absolute Gasteiger partial charge is 0.508 e. The minimum atomic E-state index is -1.24. The van der Waals surface area contributed by atoms with Crippen molar-refractivity contribution in [3.63, 3.8) is 0 Å². The van der Waals surface area contributed by atoms with Crippen LogP contribution in [0.15, 0.2) is 54.6 Å². The Morgan fingerprint density at radius 3 is 1.70 bits per heavy atom. The lowest BCUT2D eigenvalue weighted by Crippen LogP contribution is -2.57. The number of thioether (sulfide) groups is 2. The summed E-state index contributed by atoms with van der Waals surface area (Å²) in [6, 6.07) is 11.3. The third-order valence-electron chi connectivity index (χ3n) is 6.11. The molecule has 7 N–H and O–H groups in total. The van der Waals surface area contributed by atoms with Gasteiger partial charge in [-0.2, -0.15) is 23.5 Å². The molecule has 0 aliphatic heterocycles. The van der Waals surface area contributed by atoms with Gasteiger partial charge in [0.15, 0.2) is 0 Å². The fraction of sp³-hybridized carbons (Fsp3) is 0.429. The first-order valence-electron chi connectivity index (χ1n) is 12.8. The number of hydrogen-bond donors (Lipinski definition) is 6. The maximum absolute atomic E-state index is 13.3. The summed E-state index contributed by atoms with van der Waals surface area (Å²) < 4.78 is 0. The molecule has 40 heavy (non-hydrogen) atoms. The third kappa shape index (κ3) is 11.5. The lowest BCUT2D eigenvalue weighted by Gasteiger charge is -2.25. The second kappa shape index (κ2) is 17.5. The lowest BCUT2D eigenvalue weighted by atomic mass is 10.0. The Bertz CT molecular complexity index is 1100. The molecule has 0 fully saturated rings. The van der Waals surface area contributed by atoms with Crippen molar-refractivity contribution in [1.82, 2.24) is 16.0 Å². The number of rotatable bonds is 17. The molecule has 0 heterocycles. The van der Waals surface area contributed by atoms with Gasteiger partial charge in [0.05, 0.1) is 6.04 Å². The van der Waals surface area contributed by atoms with Gasteiger partial charge in [-0.25, -0.2) is 4.79 Å². The molecule has 0 aliphatic carbocycles. The molecule has 4 atom stereocenters. The maximum atomic E-state index is 13.3. The standard InChI is InChI=1S/C28H38N4O6S2/c1-39-14-12-22(30-25(34)21(29)16-18-6-4-3-5-7-18)26(35)31-23(13-15-40-2)27(36)32-24(28(37)38)17-19-8-10-20(33)11-9-19/h3-11,21-24,33H,12-17,29H2,1-2H3,(H,30,34)(H,31,35)(H,32,36)(H,37,38). The van der Waals surface area contributed by atoms with Crippen LogP contribution in [0.2, 0.25) is 0 Å². The predicted molar refractivity (Wildman–Crippen MR) is 159 cm³/mol. The Morgan fingerprint density at radius 1 is 0.725 bits per heavy atom. The molecule has 3 amide bonds. The Hall–Kier alpha value is -3.22. The molecule has 0 bridgehead atoms. The number of amides is 3. The molecular weight excluding hydrogens is 552 g/mol. The Kier molecular flexibility index (Phi) is 14.4. The number of aliphatic carboxylic acids is 1. The zero-order chi connectivity index (χ0) is 29.5. The summed E-state index contributed by atoms with van der Waals surface area (Å²) in [7, 11) is 0. The molecule has 2 rings (SSSR count). The molecule has 4 unspecified atom stereocenters. The Balaban J connectivity index is 2.10. The smallest absolute Gasteiger partial charge is 0.326 e. The highest BCUT2D eigenvalue weighted by Gasteiger charge is 2.30. The minimum Gasteiger partial charge on any atom is -0.508 e. The summed E-state index contributed by atoms with van der Waals surface area (Å²) in [6.45, 7) is 0. The molecule has 2 aromatic carbocycles. The first-order chi connectivity index (χ1) is 19.1. The average Bonchev–Trinajstić information content (AvgIpc) is 2.94. The monoisotopic (exact) mass is 590 g/mol. The summed E-state index contributed by atoms with van der Waals surface area (Å²) in [5.41, 5.74) is 7.62. The van der Waals surface area contributed by atoms with Crippen LogP contribution in [0.4, 0.5) is 0 Å². The molecule has 10 nitrogen and oxygen atoms in total. The molecule has 0 spiro atoms. The van der Waals surface area contributed by atoms with E-state index in [1.165, 1.54) is 35.7 Å². The fourth-order valence-corrected chi connectivity index (χ4v) is 4.80. The second-order valence-electron chi connectivity index (χ2n) is 9.25. The summed E-state index contributed by atoms with van der Waals surface area (Å²) in [6.07, 6.45) is 4.63. The topological polar surface area (TPSA) is 171 Å². The number of carboxylic acids is 1. The van der Waals surface area contributed by atoms with E-state index in [1.54, 1.807) is 12.1 Å². The molecule has 12 heteroatoms. The van der Waals surface area contributed by atoms with Gasteiger partial charge in [0.25, 0.3) is 0 Å². The number of carbonyl (C=O) groups is 4. The van der Waals surface area contributed by atoms with Crippen molar-refractivity contribution in [2.45, 2.75) is 49.9 Å². The summed E-state index contributed by atoms with van der Waals surface area (Å²) in [4.78, 5) is 51.2. The van der Waals surface area contributed by atoms with Crippen molar-refractivity contribution in [1.29, 1.82) is 0 Å². The van der Waals surface area contributed by atoms with Gasteiger partial charge in [0.1, 0.15) is 23.9 Å². The minimum absolute atomic E-state index is 0.00371. The number of phenols is 1. The molecule has 0 saturated carbocycles. The van der Waals surface area contributed by atoms with E-state index in [-0.39, 0.29) is 18.6 Å². The Morgan fingerprint density at radius 2 is 1.20 bits per heavy atom. The molecule has 0 radical (unpaired) electrons. The van der Waals surface area contributed by atoms with Gasteiger partial charge in [-0.05, 0) is 66.5 Å². The number of nitrogens with two attached hydrogens (primary N) is 1. The van der Waals surface area contributed by atoms with Gasteiger partial charge in [0.2, 0.25) is 17.7 Å². The average molecular weight is 591 g/mol. The number of hydrogen-bond acceptors (Lipinski definition) is 8. The van der Waals surface area contributed by atoms with E-state index in [0.717, 1.165) is 5.56 Å². The molecule has 0 aromatic heterocycles. The van der Waals surface area contributed by atoms with Crippen molar-refractivity contribution in [2.75, 3.05) is 24.0 Å². The highest BCUT2D eigenvalue weighted by Crippen LogP contribution is 2.12. The highest BCUT2D eigenvalue weighted by molar-refractivity contribution is 7.98. The second-order valence-corrected chi connectivity index (χ2v) is 11.2. The van der Waals surface area contributed by atoms with Crippen molar-refractivity contribution >= 4 is 47.2 Å². The van der Waals surface area contributed by atoms with Crippen LogP contribution < -0.4 is 21.7 Å². The predicted octanol–water partition coefficient (Wildman–Crippen LogP) is 1.55. The molecule has 2 aromatic rings. The van der Waals surface area contributed by atoms with E-state index in [9.17, 15) is 29.4 Å². The quantitative estimate of drug-likeness (QED) is 0.160. The Labute approximate surface area is 243 Å². The first-order valence-corrected chi connectivity index (χ1v) is 15.6. The zero-order valence-corrected chi connectivity index (χ0v) is 24.3. The number of phenolic OH excluding ortho intramolecular Hbond substituents is 1.